The van der Waals surface area contributed by atoms with Crippen molar-refractivity contribution in [2.45, 2.75) is 63.1 Å². The maximum atomic E-state index is 13.4. The minimum atomic E-state index is -3.25. The van der Waals surface area contributed by atoms with Gasteiger partial charge in [-0.25, -0.2) is 8.42 Å². The van der Waals surface area contributed by atoms with Gasteiger partial charge in [-0.2, -0.15) is 19.5 Å². The minimum absolute atomic E-state index is 0.0432. The van der Waals surface area contributed by atoms with Crippen molar-refractivity contribution in [3.05, 3.63) is 64.8 Å². The summed E-state index contributed by atoms with van der Waals surface area (Å²) in [5.41, 5.74) is 3.09. The van der Waals surface area contributed by atoms with Gasteiger partial charge in [0.2, 0.25) is 15.9 Å². The Labute approximate surface area is 310 Å². The fourth-order valence-electron chi connectivity index (χ4n) is 9.00. The van der Waals surface area contributed by atoms with Crippen LogP contribution in [-0.2, 0) is 27.8 Å². The topological polar surface area (TPSA) is 126 Å². The molecule has 0 N–H and O–H groups in total. The highest BCUT2D eigenvalue weighted by atomic mass is 35.5. The fourth-order valence-corrected chi connectivity index (χ4v) is 10.8. The lowest BCUT2D eigenvalue weighted by Gasteiger charge is -2.42. The molecule has 8 rings (SSSR count). The van der Waals surface area contributed by atoms with Gasteiger partial charge in [-0.15, -0.1) is 0 Å². The number of sulfonamides is 1. The molecule has 0 bridgehead atoms. The van der Waals surface area contributed by atoms with Gasteiger partial charge < -0.3 is 19.4 Å². The van der Waals surface area contributed by atoms with Crippen LogP contribution in [0.15, 0.2) is 48.6 Å². The van der Waals surface area contributed by atoms with Gasteiger partial charge in [0, 0.05) is 62.0 Å². The second kappa shape index (κ2) is 14.5. The predicted molar refractivity (Wildman–Crippen MR) is 201 cm³/mol. The van der Waals surface area contributed by atoms with Crippen LogP contribution in [-0.4, -0.2) is 115 Å². The van der Waals surface area contributed by atoms with Crippen LogP contribution in [0.5, 0.6) is 6.01 Å². The first kappa shape index (κ1) is 35.1. The highest BCUT2D eigenvalue weighted by Gasteiger charge is 2.45. The summed E-state index contributed by atoms with van der Waals surface area (Å²) in [6.07, 6.45) is 9.16. The van der Waals surface area contributed by atoms with Crippen LogP contribution in [0.2, 0.25) is 5.02 Å². The van der Waals surface area contributed by atoms with Crippen molar-refractivity contribution in [2.24, 2.45) is 0 Å². The first-order chi connectivity index (χ1) is 25.2. The number of rotatable bonds is 9. The second-order valence-corrected chi connectivity index (χ2v) is 17.2. The average Bonchev–Trinajstić information content (AvgIpc) is 3.83. The molecule has 0 saturated carbocycles. The highest BCUT2D eigenvalue weighted by Crippen LogP contribution is 2.40. The molecule has 1 aromatic heterocycles. The Morgan fingerprint density at radius 3 is 2.60 bits per heavy atom. The Kier molecular flexibility index (Phi) is 9.76. The molecule has 1 atom stereocenters. The van der Waals surface area contributed by atoms with Crippen molar-refractivity contribution in [1.82, 2.24) is 24.1 Å². The van der Waals surface area contributed by atoms with E-state index in [1.807, 2.05) is 12.1 Å². The Balaban J connectivity index is 1.06. The van der Waals surface area contributed by atoms with E-state index < -0.39 is 10.0 Å². The van der Waals surface area contributed by atoms with Crippen LogP contribution in [0.25, 0.3) is 10.8 Å². The summed E-state index contributed by atoms with van der Waals surface area (Å²) in [5.74, 6) is 0.745. The molecule has 0 unspecified atom stereocenters. The predicted octanol–water partition coefficient (Wildman–Crippen LogP) is 4.38. The molecule has 274 valence electrons. The van der Waals surface area contributed by atoms with E-state index in [4.69, 9.17) is 26.3 Å². The van der Waals surface area contributed by atoms with Gasteiger partial charge in [-0.05, 0) is 69.1 Å². The number of carbonyl (C=O) groups excluding carboxylic acids is 1. The lowest BCUT2D eigenvalue weighted by atomic mass is 9.95. The average molecular weight is 745 g/mol. The van der Waals surface area contributed by atoms with E-state index in [1.54, 1.807) is 11.0 Å². The number of piperazine rings is 1. The number of fused-ring (bicyclic) bond motifs is 3. The molecule has 4 fully saturated rings. The molecular formula is C38H45ClN8O4S. The van der Waals surface area contributed by atoms with Gasteiger partial charge in [0.1, 0.15) is 12.4 Å². The fraction of sp³-hybridized carbons (Fsp3) is 0.526. The SMILES string of the molecule is N#CC[C@H]1CN(c2nc(OCC34CCCN3CCC4)nc3c2CCN(c2cccc4cccc(Cl)c24)C3)CCN1C(=O)/C=C/CN1CCCS1(=O)=O. The van der Waals surface area contributed by atoms with E-state index in [9.17, 15) is 18.5 Å². The van der Waals surface area contributed by atoms with E-state index in [-0.39, 0.29) is 36.2 Å². The van der Waals surface area contributed by atoms with Crippen molar-refractivity contribution in [2.75, 3.05) is 74.5 Å². The zero-order chi connectivity index (χ0) is 35.9. The monoisotopic (exact) mass is 744 g/mol. The van der Waals surface area contributed by atoms with Crippen LogP contribution in [0.4, 0.5) is 11.5 Å². The van der Waals surface area contributed by atoms with Gasteiger partial charge in [0.05, 0.1) is 47.1 Å². The summed E-state index contributed by atoms with van der Waals surface area (Å²) in [4.78, 5) is 32.4. The molecule has 5 aliphatic heterocycles. The Morgan fingerprint density at radius 1 is 1.02 bits per heavy atom. The molecule has 1 amide bonds. The van der Waals surface area contributed by atoms with Gasteiger partial charge >= 0.3 is 6.01 Å². The second-order valence-electron chi connectivity index (χ2n) is 14.7. The van der Waals surface area contributed by atoms with Crippen molar-refractivity contribution < 1.29 is 17.9 Å². The number of nitriles is 1. The standard InChI is InChI=1S/C38H45ClN8O4S/c39-31-9-1-7-28-8-2-10-33(35(28)31)43-21-13-30-32(26-43)41-37(51-27-38-14-4-17-45(38)18-5-15-38)42-36(30)44-22-23-47(29(25-44)12-16-40)34(48)11-3-19-46-20-6-24-52(46,49)50/h1-3,7-11,29H,4-6,12-15,17-27H2/b11-3+/t29-/m0/s1. The van der Waals surface area contributed by atoms with E-state index in [0.717, 1.165) is 71.0 Å². The van der Waals surface area contributed by atoms with Gasteiger partial charge in [0.15, 0.2) is 0 Å². The molecule has 2 aromatic carbocycles. The third-order valence-electron chi connectivity index (χ3n) is 11.6. The molecule has 52 heavy (non-hydrogen) atoms. The van der Waals surface area contributed by atoms with Gasteiger partial charge in [0.25, 0.3) is 0 Å². The number of anilines is 2. The number of ether oxygens (including phenoxy) is 1. The summed E-state index contributed by atoms with van der Waals surface area (Å²) < 4.78 is 32.4. The first-order valence-corrected chi connectivity index (χ1v) is 20.5. The number of amides is 1. The molecule has 6 heterocycles. The van der Waals surface area contributed by atoms with E-state index in [2.05, 4.69) is 45.0 Å². The summed E-state index contributed by atoms with van der Waals surface area (Å²) in [6, 6.07) is 14.6. The van der Waals surface area contributed by atoms with Crippen LogP contribution in [0.1, 0.15) is 49.8 Å². The van der Waals surface area contributed by atoms with Crippen molar-refractivity contribution in [3.8, 4) is 12.1 Å². The molecular weight excluding hydrogens is 700 g/mol. The molecule has 0 aliphatic carbocycles. The molecule has 0 spiro atoms. The lowest BCUT2D eigenvalue weighted by molar-refractivity contribution is -0.128. The van der Waals surface area contributed by atoms with Crippen molar-refractivity contribution >= 4 is 49.8 Å². The van der Waals surface area contributed by atoms with Crippen molar-refractivity contribution in [3.63, 3.8) is 0 Å². The summed E-state index contributed by atoms with van der Waals surface area (Å²) in [7, 11) is -3.25. The summed E-state index contributed by atoms with van der Waals surface area (Å²) in [6.45, 7) is 6.12. The Morgan fingerprint density at radius 2 is 1.83 bits per heavy atom. The molecule has 4 saturated heterocycles. The van der Waals surface area contributed by atoms with Gasteiger partial charge in [-0.1, -0.05) is 41.9 Å². The normalized spacial score (nSPS) is 22.9. The number of benzene rings is 2. The number of hydrogen-bond donors (Lipinski definition) is 0. The first-order valence-electron chi connectivity index (χ1n) is 18.5. The zero-order valence-corrected chi connectivity index (χ0v) is 31.0. The van der Waals surface area contributed by atoms with E-state index in [1.165, 1.54) is 23.2 Å². The van der Waals surface area contributed by atoms with Crippen LogP contribution < -0.4 is 14.5 Å². The highest BCUT2D eigenvalue weighted by molar-refractivity contribution is 7.89. The molecule has 12 nitrogen and oxygen atoms in total. The maximum Gasteiger partial charge on any atom is 0.318 e. The Bertz CT molecular complexity index is 2020. The smallest absolute Gasteiger partial charge is 0.318 e. The summed E-state index contributed by atoms with van der Waals surface area (Å²) >= 11 is 6.76. The lowest BCUT2D eigenvalue weighted by Crippen LogP contribution is -2.55. The van der Waals surface area contributed by atoms with Crippen LogP contribution >= 0.6 is 11.6 Å². The molecule has 3 aromatic rings. The largest absolute Gasteiger partial charge is 0.461 e. The van der Waals surface area contributed by atoms with Crippen molar-refractivity contribution in [1.29, 1.82) is 5.26 Å². The van der Waals surface area contributed by atoms with Gasteiger partial charge in [-0.3, -0.25) is 9.69 Å². The van der Waals surface area contributed by atoms with E-state index >= 15 is 0 Å². The number of nitrogens with zero attached hydrogens (tertiary/aromatic N) is 8. The third kappa shape index (κ3) is 6.70. The zero-order valence-electron chi connectivity index (χ0n) is 29.4. The number of carbonyl (C=O) groups is 1. The summed E-state index contributed by atoms with van der Waals surface area (Å²) in [5, 5.41) is 12.6. The molecule has 14 heteroatoms. The number of aromatic nitrogens is 2. The quantitative estimate of drug-likeness (QED) is 0.292. The number of halogens is 1. The molecule has 0 radical (unpaired) electrons. The van der Waals surface area contributed by atoms with Crippen LogP contribution in [0, 0.1) is 11.3 Å². The minimum Gasteiger partial charge on any atom is -0.461 e. The maximum absolute atomic E-state index is 13.4. The third-order valence-corrected chi connectivity index (χ3v) is 13.9. The number of hydrogen-bond acceptors (Lipinski definition) is 10. The molecule has 5 aliphatic rings. The van der Waals surface area contributed by atoms with Crippen LogP contribution in [0.3, 0.4) is 0 Å². The Hall–Kier alpha value is -3.96. The van der Waals surface area contributed by atoms with E-state index in [0.29, 0.717) is 58.2 Å².